The van der Waals surface area contributed by atoms with Crippen LogP contribution in [0.3, 0.4) is 0 Å². The Hall–Kier alpha value is -3.94. The first-order valence-corrected chi connectivity index (χ1v) is 9.78. The molecular weight excluding hydrogens is 382 g/mol. The minimum absolute atomic E-state index is 0.165. The van der Waals surface area contributed by atoms with Crippen molar-refractivity contribution in [2.75, 3.05) is 17.2 Å². The zero-order valence-corrected chi connectivity index (χ0v) is 16.0. The van der Waals surface area contributed by atoms with E-state index >= 15 is 0 Å². The fourth-order valence-electron chi connectivity index (χ4n) is 3.95. The van der Waals surface area contributed by atoms with Gasteiger partial charge in [0.2, 0.25) is 5.91 Å². The quantitative estimate of drug-likeness (QED) is 0.627. The molecule has 5 rings (SSSR count). The Bertz CT molecular complexity index is 1150. The highest BCUT2D eigenvalue weighted by Crippen LogP contribution is 2.30. The molecule has 0 spiro atoms. The van der Waals surface area contributed by atoms with Gasteiger partial charge in [0, 0.05) is 17.8 Å². The number of nitrogens with zero attached hydrogens (tertiary/aromatic N) is 2. The summed E-state index contributed by atoms with van der Waals surface area (Å²) in [6.07, 6.45) is 1.47. The van der Waals surface area contributed by atoms with Crippen molar-refractivity contribution in [1.29, 1.82) is 0 Å². The Balaban J connectivity index is 1.38. The number of rotatable bonds is 3. The number of aromatic nitrogens is 2. The van der Waals surface area contributed by atoms with Gasteiger partial charge in [-0.2, -0.15) is 5.10 Å². The third kappa shape index (κ3) is 3.12. The molecule has 3 heterocycles. The van der Waals surface area contributed by atoms with Crippen LogP contribution in [0.15, 0.2) is 54.6 Å². The molecule has 2 aliphatic heterocycles. The third-order valence-corrected chi connectivity index (χ3v) is 5.47. The molecule has 0 saturated carbocycles. The van der Waals surface area contributed by atoms with Crippen molar-refractivity contribution in [1.82, 2.24) is 15.1 Å². The van der Waals surface area contributed by atoms with Gasteiger partial charge in [0.15, 0.2) is 0 Å². The van der Waals surface area contributed by atoms with E-state index in [1.165, 1.54) is 0 Å². The molecule has 8 heteroatoms. The monoisotopic (exact) mass is 401 g/mol. The van der Waals surface area contributed by atoms with Gasteiger partial charge in [0.25, 0.3) is 11.8 Å². The van der Waals surface area contributed by atoms with Crippen LogP contribution in [0.25, 0.3) is 11.3 Å². The highest BCUT2D eigenvalue weighted by Gasteiger charge is 2.38. The number of carbonyl (C=O) groups is 3. The van der Waals surface area contributed by atoms with Crippen LogP contribution in [0.4, 0.5) is 11.4 Å². The molecule has 1 saturated heterocycles. The fourth-order valence-corrected chi connectivity index (χ4v) is 3.95. The van der Waals surface area contributed by atoms with Gasteiger partial charge in [-0.3, -0.25) is 19.5 Å². The van der Waals surface area contributed by atoms with Crippen molar-refractivity contribution in [2.24, 2.45) is 0 Å². The minimum Gasteiger partial charge on any atom is -0.327 e. The van der Waals surface area contributed by atoms with Gasteiger partial charge in [-0.1, -0.05) is 30.3 Å². The van der Waals surface area contributed by atoms with E-state index in [0.717, 1.165) is 12.0 Å². The van der Waals surface area contributed by atoms with Crippen LogP contribution < -0.4 is 10.6 Å². The van der Waals surface area contributed by atoms with Gasteiger partial charge >= 0.3 is 0 Å². The van der Waals surface area contributed by atoms with Crippen molar-refractivity contribution < 1.29 is 14.4 Å². The van der Waals surface area contributed by atoms with Gasteiger partial charge in [-0.25, -0.2) is 0 Å². The molecule has 3 N–H and O–H groups in total. The third-order valence-electron chi connectivity index (χ3n) is 5.47. The maximum Gasteiger partial charge on any atom is 0.273 e. The number of carbonyl (C=O) groups excluding carboxylic acids is 3. The first kappa shape index (κ1) is 18.1. The first-order chi connectivity index (χ1) is 14.6. The van der Waals surface area contributed by atoms with Gasteiger partial charge < -0.3 is 15.5 Å². The lowest BCUT2D eigenvalue weighted by molar-refractivity contribution is -0.119. The number of fused-ring (bicyclic) bond motifs is 2. The second-order valence-corrected chi connectivity index (χ2v) is 7.39. The van der Waals surface area contributed by atoms with E-state index < -0.39 is 6.04 Å². The molecule has 8 nitrogen and oxygen atoms in total. The molecule has 2 aliphatic rings. The molecule has 0 bridgehead atoms. The smallest absolute Gasteiger partial charge is 0.273 e. The van der Waals surface area contributed by atoms with Crippen molar-refractivity contribution in [2.45, 2.75) is 18.9 Å². The molecule has 3 amide bonds. The summed E-state index contributed by atoms with van der Waals surface area (Å²) in [4.78, 5) is 39.6. The van der Waals surface area contributed by atoms with Gasteiger partial charge in [0.1, 0.15) is 11.7 Å². The van der Waals surface area contributed by atoms with Crippen LogP contribution in [-0.2, 0) is 4.79 Å². The Labute approximate surface area is 172 Å². The second-order valence-electron chi connectivity index (χ2n) is 7.39. The summed E-state index contributed by atoms with van der Waals surface area (Å²) in [7, 11) is 0. The van der Waals surface area contributed by atoms with E-state index in [9.17, 15) is 14.4 Å². The summed E-state index contributed by atoms with van der Waals surface area (Å²) in [5.41, 5.74) is 3.18. The molecule has 0 unspecified atom stereocenters. The number of benzene rings is 2. The maximum atomic E-state index is 12.9. The van der Waals surface area contributed by atoms with Crippen molar-refractivity contribution in [3.05, 3.63) is 65.9 Å². The Kier molecular flexibility index (Phi) is 4.31. The zero-order chi connectivity index (χ0) is 20.7. The standard InChI is InChI=1S/C22H19N5O3/c28-20(18-12-17(25-26-18)13-5-2-1-3-6-13)23-14-8-9-16-15(11-14)22(30)27-10-4-7-19(27)21(29)24-16/h1-3,5-6,8-9,11-12,19H,4,7,10H2,(H,23,28)(H,24,29)(H,25,26)/t19-/m1/s1. The second kappa shape index (κ2) is 7.14. The summed E-state index contributed by atoms with van der Waals surface area (Å²) in [5.74, 6) is -0.731. The SMILES string of the molecule is O=C(Nc1ccc2c(c1)C(=O)N1CCC[C@@H]1C(=O)N2)c1cc(-c2ccccc2)n[nH]1. The van der Waals surface area contributed by atoms with Crippen molar-refractivity contribution in [3.63, 3.8) is 0 Å². The Morgan fingerprint density at radius 1 is 1.10 bits per heavy atom. The summed E-state index contributed by atoms with van der Waals surface area (Å²) < 4.78 is 0. The van der Waals surface area contributed by atoms with Crippen LogP contribution in [0.5, 0.6) is 0 Å². The Morgan fingerprint density at radius 2 is 1.93 bits per heavy atom. The van der Waals surface area contributed by atoms with E-state index in [-0.39, 0.29) is 17.7 Å². The van der Waals surface area contributed by atoms with E-state index in [4.69, 9.17) is 0 Å². The average Bonchev–Trinajstić information content (AvgIpc) is 3.43. The van der Waals surface area contributed by atoms with Gasteiger partial charge in [-0.05, 0) is 37.1 Å². The number of aromatic amines is 1. The average molecular weight is 401 g/mol. The number of hydrogen-bond donors (Lipinski definition) is 3. The molecule has 30 heavy (non-hydrogen) atoms. The predicted octanol–water partition coefficient (Wildman–Crippen LogP) is 2.89. The molecule has 2 aromatic carbocycles. The Morgan fingerprint density at radius 3 is 2.77 bits per heavy atom. The highest BCUT2D eigenvalue weighted by atomic mass is 16.2. The summed E-state index contributed by atoms with van der Waals surface area (Å²) in [5, 5.41) is 12.6. The largest absolute Gasteiger partial charge is 0.327 e. The normalized spacial score (nSPS) is 17.7. The van der Waals surface area contributed by atoms with E-state index in [2.05, 4.69) is 20.8 Å². The lowest BCUT2D eigenvalue weighted by Crippen LogP contribution is -2.40. The number of H-pyrrole nitrogens is 1. The molecule has 1 aromatic heterocycles. The highest BCUT2D eigenvalue weighted by molar-refractivity contribution is 6.11. The number of hydrogen-bond acceptors (Lipinski definition) is 4. The van der Waals surface area contributed by atoms with Crippen LogP contribution in [0.1, 0.15) is 33.7 Å². The number of anilines is 2. The fraction of sp³-hybridized carbons (Fsp3) is 0.182. The minimum atomic E-state index is -0.427. The van der Waals surface area contributed by atoms with E-state index in [0.29, 0.717) is 41.3 Å². The number of nitrogens with one attached hydrogen (secondary N) is 3. The molecule has 0 radical (unpaired) electrons. The summed E-state index contributed by atoms with van der Waals surface area (Å²) >= 11 is 0. The molecule has 1 atom stereocenters. The lowest BCUT2D eigenvalue weighted by atomic mass is 10.1. The van der Waals surface area contributed by atoms with Gasteiger partial charge in [0.05, 0.1) is 16.9 Å². The van der Waals surface area contributed by atoms with E-state index in [1.807, 2.05) is 30.3 Å². The maximum absolute atomic E-state index is 12.9. The summed E-state index contributed by atoms with van der Waals surface area (Å²) in [6.45, 7) is 0.559. The van der Waals surface area contributed by atoms with Crippen molar-refractivity contribution >= 4 is 29.1 Å². The van der Waals surface area contributed by atoms with Crippen LogP contribution in [0, 0.1) is 0 Å². The van der Waals surface area contributed by atoms with E-state index in [1.54, 1.807) is 29.2 Å². The van der Waals surface area contributed by atoms with Crippen molar-refractivity contribution in [3.8, 4) is 11.3 Å². The number of amides is 3. The summed E-state index contributed by atoms with van der Waals surface area (Å²) in [6, 6.07) is 15.7. The van der Waals surface area contributed by atoms with Gasteiger partial charge in [-0.15, -0.1) is 0 Å². The molecule has 1 fully saturated rings. The zero-order valence-electron chi connectivity index (χ0n) is 16.0. The molecule has 150 valence electrons. The molecule has 3 aromatic rings. The topological polar surface area (TPSA) is 107 Å². The molecule has 0 aliphatic carbocycles. The van der Waals surface area contributed by atoms with Crippen LogP contribution in [-0.4, -0.2) is 45.4 Å². The lowest BCUT2D eigenvalue weighted by Gasteiger charge is -2.20. The van der Waals surface area contributed by atoms with Crippen LogP contribution in [0.2, 0.25) is 0 Å². The first-order valence-electron chi connectivity index (χ1n) is 9.78. The van der Waals surface area contributed by atoms with Crippen LogP contribution >= 0.6 is 0 Å². The predicted molar refractivity (Wildman–Crippen MR) is 111 cm³/mol. The molecular formula is C22H19N5O3.